The highest BCUT2D eigenvalue weighted by Crippen LogP contribution is 2.00. The average molecular weight is 177 g/mol. The van der Waals surface area contributed by atoms with Crippen molar-refractivity contribution in [2.75, 3.05) is 7.05 Å². The molecule has 0 saturated heterocycles. The maximum Gasteiger partial charge on any atom is 0.0636 e. The van der Waals surface area contributed by atoms with Crippen LogP contribution < -0.4 is 0 Å². The lowest BCUT2D eigenvalue weighted by atomic mass is 10.3. The molecule has 0 aliphatic heterocycles. The minimum absolute atomic E-state index is 0.704. The van der Waals surface area contributed by atoms with E-state index >= 15 is 0 Å². The van der Waals surface area contributed by atoms with Gasteiger partial charge in [0.15, 0.2) is 0 Å². The highest BCUT2D eigenvalue weighted by atomic mass is 15.1. The molecule has 13 heavy (non-hydrogen) atoms. The number of allylic oxidation sites excluding steroid dienone is 4. The van der Waals surface area contributed by atoms with E-state index in [4.69, 9.17) is 0 Å². The molecule has 0 saturated carbocycles. The Labute approximate surface area is 79.3 Å². The Morgan fingerprint density at radius 1 is 1.46 bits per heavy atom. The summed E-state index contributed by atoms with van der Waals surface area (Å²) in [5, 5.41) is 7.59. The summed E-state index contributed by atoms with van der Waals surface area (Å²) in [6.45, 7) is 5.46. The van der Waals surface area contributed by atoms with Gasteiger partial charge in [-0.25, -0.2) is 0 Å². The van der Waals surface area contributed by atoms with Gasteiger partial charge in [0, 0.05) is 25.9 Å². The predicted octanol–water partition coefficient (Wildman–Crippen LogP) is 3.13. The summed E-state index contributed by atoms with van der Waals surface area (Å²) in [5.74, 6) is 0. The maximum absolute atomic E-state index is 4.01. The lowest BCUT2D eigenvalue weighted by Gasteiger charge is -1.90. The Bertz CT molecular complexity index is 247. The van der Waals surface area contributed by atoms with Crippen molar-refractivity contribution in [3.63, 3.8) is 0 Å². The number of rotatable bonds is 5. The van der Waals surface area contributed by atoms with Crippen LogP contribution in [-0.2, 0) is 0 Å². The fourth-order valence-corrected chi connectivity index (χ4v) is 0.662. The maximum atomic E-state index is 4.01. The molecule has 0 bridgehead atoms. The van der Waals surface area contributed by atoms with Crippen molar-refractivity contribution in [1.29, 1.82) is 0 Å². The smallest absolute Gasteiger partial charge is 0.0636 e. The normalized spacial score (nSPS) is 13.5. The zero-order valence-electron chi connectivity index (χ0n) is 8.14. The van der Waals surface area contributed by atoms with Crippen LogP contribution in [0.4, 0.5) is 0 Å². The quantitative estimate of drug-likeness (QED) is 0.351. The van der Waals surface area contributed by atoms with Gasteiger partial charge in [-0.1, -0.05) is 18.7 Å². The minimum Gasteiger partial charge on any atom is -0.269 e. The third-order valence-corrected chi connectivity index (χ3v) is 1.28. The van der Waals surface area contributed by atoms with E-state index in [1.54, 1.807) is 31.6 Å². The van der Waals surface area contributed by atoms with Crippen LogP contribution in [0.5, 0.6) is 0 Å². The van der Waals surface area contributed by atoms with E-state index in [1.807, 2.05) is 13.0 Å². The molecule has 0 atom stereocenters. The van der Waals surface area contributed by atoms with Gasteiger partial charge in [-0.15, -0.1) is 0 Å². The third kappa shape index (κ3) is 6.87. The molecule has 0 aromatic heterocycles. The first-order valence-corrected chi connectivity index (χ1v) is 4.09. The first-order chi connectivity index (χ1) is 6.35. The molecule has 70 valence electrons. The van der Waals surface area contributed by atoms with Gasteiger partial charge in [-0.05, 0) is 13.0 Å². The molecule has 0 fully saturated rings. The van der Waals surface area contributed by atoms with Gasteiger partial charge in [0.25, 0.3) is 0 Å². The minimum atomic E-state index is 0.704. The number of hydrogen-bond donors (Lipinski definition) is 0. The SMILES string of the molecule is C=C/C=C\N=CC/C(=C/C)N=NC. The van der Waals surface area contributed by atoms with E-state index < -0.39 is 0 Å². The first-order valence-electron chi connectivity index (χ1n) is 4.09. The van der Waals surface area contributed by atoms with Gasteiger partial charge in [-0.2, -0.15) is 10.2 Å². The topological polar surface area (TPSA) is 37.1 Å². The summed E-state index contributed by atoms with van der Waals surface area (Å²) in [7, 11) is 1.65. The van der Waals surface area contributed by atoms with Crippen LogP contribution in [0.1, 0.15) is 13.3 Å². The fraction of sp³-hybridized carbons (Fsp3) is 0.300. The van der Waals surface area contributed by atoms with E-state index in [0.29, 0.717) is 6.42 Å². The molecule has 0 aromatic rings. The van der Waals surface area contributed by atoms with Crippen molar-refractivity contribution in [3.8, 4) is 0 Å². The summed E-state index contributed by atoms with van der Waals surface area (Å²) >= 11 is 0. The highest BCUT2D eigenvalue weighted by Gasteiger charge is 1.87. The molecule has 0 amide bonds. The Morgan fingerprint density at radius 3 is 2.77 bits per heavy atom. The first kappa shape index (κ1) is 11.5. The van der Waals surface area contributed by atoms with Crippen molar-refractivity contribution < 1.29 is 0 Å². The largest absolute Gasteiger partial charge is 0.269 e. The number of aliphatic imine (C=N–C) groups is 1. The molecule has 3 nitrogen and oxygen atoms in total. The molecular weight excluding hydrogens is 162 g/mol. The lowest BCUT2D eigenvalue weighted by molar-refractivity contribution is 1.05. The Hall–Kier alpha value is -1.51. The average Bonchev–Trinajstić information content (AvgIpc) is 2.16. The van der Waals surface area contributed by atoms with E-state index in [9.17, 15) is 0 Å². The van der Waals surface area contributed by atoms with Crippen molar-refractivity contribution in [2.24, 2.45) is 15.2 Å². The number of hydrogen-bond acceptors (Lipinski definition) is 3. The summed E-state index contributed by atoms with van der Waals surface area (Å²) in [4.78, 5) is 4.01. The molecule has 0 N–H and O–H groups in total. The van der Waals surface area contributed by atoms with Gasteiger partial charge in [0.1, 0.15) is 0 Å². The van der Waals surface area contributed by atoms with Gasteiger partial charge >= 0.3 is 0 Å². The number of azo groups is 1. The molecule has 0 radical (unpaired) electrons. The second-order valence-corrected chi connectivity index (χ2v) is 2.19. The second-order valence-electron chi connectivity index (χ2n) is 2.19. The van der Waals surface area contributed by atoms with E-state index in [-0.39, 0.29) is 0 Å². The van der Waals surface area contributed by atoms with E-state index in [2.05, 4.69) is 21.8 Å². The Morgan fingerprint density at radius 2 is 2.23 bits per heavy atom. The van der Waals surface area contributed by atoms with Crippen LogP contribution in [0.25, 0.3) is 0 Å². The fourth-order valence-electron chi connectivity index (χ4n) is 0.662. The molecule has 0 unspecified atom stereocenters. The Kier molecular flexibility index (Phi) is 7.59. The summed E-state index contributed by atoms with van der Waals surface area (Å²) in [6, 6.07) is 0. The molecule has 0 aliphatic carbocycles. The van der Waals surface area contributed by atoms with Crippen LogP contribution in [-0.4, -0.2) is 13.3 Å². The van der Waals surface area contributed by atoms with Crippen molar-refractivity contribution in [2.45, 2.75) is 13.3 Å². The molecule has 0 aliphatic rings. The molecule has 0 aromatic carbocycles. The van der Waals surface area contributed by atoms with Gasteiger partial charge in [0.05, 0.1) is 5.70 Å². The molecule has 0 spiro atoms. The second kappa shape index (κ2) is 8.59. The van der Waals surface area contributed by atoms with Crippen LogP contribution in [0, 0.1) is 0 Å². The van der Waals surface area contributed by atoms with Crippen LogP contribution in [0.3, 0.4) is 0 Å². The highest BCUT2D eigenvalue weighted by molar-refractivity contribution is 5.61. The Balaban J connectivity index is 3.92. The van der Waals surface area contributed by atoms with Crippen molar-refractivity contribution in [3.05, 3.63) is 36.7 Å². The van der Waals surface area contributed by atoms with Gasteiger partial charge < -0.3 is 0 Å². The van der Waals surface area contributed by atoms with Crippen LogP contribution in [0.15, 0.2) is 51.9 Å². The molecule has 3 heteroatoms. The van der Waals surface area contributed by atoms with E-state index in [1.165, 1.54) is 0 Å². The van der Waals surface area contributed by atoms with E-state index in [0.717, 1.165) is 5.70 Å². The lowest BCUT2D eigenvalue weighted by Crippen LogP contribution is -1.78. The number of nitrogens with zero attached hydrogens (tertiary/aromatic N) is 3. The van der Waals surface area contributed by atoms with Crippen molar-refractivity contribution >= 4 is 6.21 Å². The van der Waals surface area contributed by atoms with Gasteiger partial charge in [-0.3, -0.25) is 4.99 Å². The zero-order valence-corrected chi connectivity index (χ0v) is 8.14. The standard InChI is InChI=1S/C10H15N3/c1-4-6-8-12-9-7-10(5-2)13-11-3/h4-6,8-9H,1,7H2,2-3H3/b8-6-,10-5-,12-9?,13-11?. The molecular formula is C10H15N3. The molecule has 0 rings (SSSR count). The zero-order chi connectivity index (χ0) is 9.94. The van der Waals surface area contributed by atoms with Crippen molar-refractivity contribution in [1.82, 2.24) is 0 Å². The summed E-state index contributed by atoms with van der Waals surface area (Å²) in [5.41, 5.74) is 0.915. The third-order valence-electron chi connectivity index (χ3n) is 1.28. The monoisotopic (exact) mass is 177 g/mol. The predicted molar refractivity (Wildman–Crippen MR) is 57.0 cm³/mol. The molecule has 0 heterocycles. The van der Waals surface area contributed by atoms with Crippen LogP contribution in [0.2, 0.25) is 0 Å². The van der Waals surface area contributed by atoms with Crippen LogP contribution >= 0.6 is 0 Å². The van der Waals surface area contributed by atoms with Gasteiger partial charge in [0.2, 0.25) is 0 Å². The summed E-state index contributed by atoms with van der Waals surface area (Å²) < 4.78 is 0. The summed E-state index contributed by atoms with van der Waals surface area (Å²) in [6.07, 6.45) is 9.53.